The van der Waals surface area contributed by atoms with E-state index in [9.17, 15) is 0 Å². The van der Waals surface area contributed by atoms with E-state index in [4.69, 9.17) is 38.5 Å². The molecular weight excluding hydrogens is 439 g/mol. The van der Waals surface area contributed by atoms with Gasteiger partial charge in [-0.3, -0.25) is 0 Å². The summed E-state index contributed by atoms with van der Waals surface area (Å²) in [6.45, 7) is 0. The van der Waals surface area contributed by atoms with Crippen LogP contribution in [-0.2, 0) is 58.6 Å². The van der Waals surface area contributed by atoms with Gasteiger partial charge in [0.25, 0.3) is 0 Å². The first-order chi connectivity index (χ1) is 4.00. The van der Waals surface area contributed by atoms with Gasteiger partial charge in [0.05, 0.1) is 0 Å². The Labute approximate surface area is 179 Å². The fourth-order valence-corrected chi connectivity index (χ4v) is 0. The second-order valence-electron chi connectivity index (χ2n) is 0.894. The molecule has 0 fully saturated rings. The van der Waals surface area contributed by atoms with E-state index in [1.54, 1.807) is 0 Å². The quantitative estimate of drug-likeness (QED) is 0.262. The summed E-state index contributed by atoms with van der Waals surface area (Å²) in [5.74, 6) is 0. The predicted molar refractivity (Wildman–Crippen MR) is 39.1 cm³/mol. The van der Waals surface area contributed by atoms with Crippen LogP contribution >= 0.6 is 15.6 Å². The number of hydrogen-bond acceptors (Lipinski definition) is 8. The average molecular weight is 445 g/mol. The first-order valence-electron chi connectivity index (χ1n) is 1.46. The van der Waals surface area contributed by atoms with Crippen LogP contribution in [-0.4, -0.2) is 69.2 Å². The number of phosphoric acid groups is 2. The Morgan fingerprint density at radius 1 is 0.562 bits per heavy atom. The van der Waals surface area contributed by atoms with Crippen molar-refractivity contribution in [2.75, 3.05) is 0 Å². The maximum Gasteiger partial charge on any atom is 2.00 e. The summed E-state index contributed by atoms with van der Waals surface area (Å²) in [6.07, 6.45) is 0. The minimum absolute atomic E-state index is 0. The summed E-state index contributed by atoms with van der Waals surface area (Å²) < 4.78 is 17.1. The fraction of sp³-hybridized carbons (Fsp3) is 0. The van der Waals surface area contributed by atoms with Crippen molar-refractivity contribution in [2.45, 2.75) is 0 Å². The van der Waals surface area contributed by atoms with Crippen LogP contribution in [0.3, 0.4) is 0 Å². The first kappa shape index (κ1) is 50.1. The molecule has 0 unspecified atom stereocenters. The molecule has 0 atom stereocenters. The maximum atomic E-state index is 8.55. The van der Waals surface area contributed by atoms with Crippen molar-refractivity contribution in [1.29, 1.82) is 0 Å². The van der Waals surface area contributed by atoms with Crippen molar-refractivity contribution >= 4 is 84.8 Å². The van der Waals surface area contributed by atoms with Crippen molar-refractivity contribution < 1.29 is 96.5 Å². The van der Waals surface area contributed by atoms with Gasteiger partial charge in [0.1, 0.15) is 0 Å². The normalized spacial score (nSPS) is 7.38. The number of rotatable bonds is 0. The van der Waals surface area contributed by atoms with Crippen LogP contribution in [0.4, 0.5) is 0 Å². The topological polar surface area (TPSA) is 172 Å². The molecule has 0 aromatic carbocycles. The van der Waals surface area contributed by atoms with Crippen molar-refractivity contribution in [1.82, 2.24) is 0 Å². The molecule has 0 heterocycles. The van der Waals surface area contributed by atoms with E-state index in [1.165, 1.54) is 0 Å². The molecule has 0 aromatic heterocycles. The van der Waals surface area contributed by atoms with Gasteiger partial charge in [-0.05, 0) is 0 Å². The van der Waals surface area contributed by atoms with Gasteiger partial charge in [0.2, 0.25) is 0 Å². The minimum atomic E-state index is -5.39. The van der Waals surface area contributed by atoms with Crippen LogP contribution in [0.25, 0.3) is 0 Å². The second kappa shape index (κ2) is 24.0. The maximum absolute atomic E-state index is 8.55. The van der Waals surface area contributed by atoms with Crippen molar-refractivity contribution in [2.24, 2.45) is 0 Å². The van der Waals surface area contributed by atoms with Crippen molar-refractivity contribution in [3.05, 3.63) is 0 Å². The summed E-state index contributed by atoms with van der Waals surface area (Å²) in [6, 6.07) is 0. The van der Waals surface area contributed by atoms with Crippen LogP contribution in [0.5, 0.6) is 0 Å². The third kappa shape index (κ3) is 325. The van der Waals surface area contributed by atoms with E-state index in [0.717, 1.165) is 0 Å². The number of hydrogen-bond donors (Lipinski definition) is 0. The van der Waals surface area contributed by atoms with Crippen molar-refractivity contribution in [3.63, 3.8) is 0 Å². The zero-order chi connectivity index (χ0) is 9.00. The van der Waals surface area contributed by atoms with Crippen LogP contribution < -0.4 is 29.4 Å². The largest absolute Gasteiger partial charge is 2.00 e. The van der Waals surface area contributed by atoms with Gasteiger partial charge < -0.3 is 47.1 Å². The third-order valence-electron chi connectivity index (χ3n) is 0. The summed E-state index contributed by atoms with van der Waals surface area (Å²) in [5.41, 5.74) is 0. The molecule has 0 bridgehead atoms. The van der Waals surface area contributed by atoms with Crippen LogP contribution in [0.1, 0.15) is 8.56 Å². The van der Waals surface area contributed by atoms with Gasteiger partial charge in [-0.1, -0.05) is 0 Å². The zero-order valence-corrected chi connectivity index (χ0v) is 16.2. The van der Waals surface area contributed by atoms with Crippen LogP contribution in [0, 0.1) is 0 Å². The molecule has 0 N–H and O–H groups in total. The third-order valence-corrected chi connectivity index (χ3v) is 0. The predicted octanol–water partition coefficient (Wildman–Crippen LogP) is -6.12. The first-order valence-corrected chi connectivity index (χ1v) is 4.38. The Balaban J connectivity index is -0.00000000314. The average Bonchev–Trinajstić information content (AvgIpc) is 1.12. The van der Waals surface area contributed by atoms with Gasteiger partial charge in [0, 0.05) is 0 Å². The van der Waals surface area contributed by atoms with Crippen LogP contribution in [0.2, 0.25) is 0 Å². The zero-order valence-electron chi connectivity index (χ0n) is 13.2. The van der Waals surface area contributed by atoms with E-state index in [0.29, 0.717) is 0 Å². The molecule has 0 amide bonds. The SMILES string of the molecule is O=P([O-])([O-])[O-].O=P([O-])([O-])[O-].[H-].[H-].[H-].[H-].[H-].[H-].[Mg+2].[Mg+2].[Mg+2].[Ni+2].[Ni+2].[Ni+2]. The molecule has 0 saturated carbocycles. The van der Waals surface area contributed by atoms with E-state index in [-0.39, 0.29) is 127 Å². The van der Waals surface area contributed by atoms with Gasteiger partial charge in [-0.2, -0.15) is 15.6 Å². The molecule has 0 spiro atoms. The Hall–Kier alpha value is 4.00. The standard InChI is InChI=1S/3Mg.3Ni.2H3O4P.6H/c;;;;;;2*1-5(2,3)4;;;;;;/h;;;;;;2*(H3,1,2,3,4);;;;;;/q6*+2;;;6*-1/p-6. The molecule has 8 nitrogen and oxygen atoms in total. The molecule has 100 valence electrons. The van der Waals surface area contributed by atoms with Gasteiger partial charge in [-0.25, -0.2) is 0 Å². The molecule has 16 heteroatoms. The summed E-state index contributed by atoms with van der Waals surface area (Å²) in [4.78, 5) is 51.3. The molecule has 0 radical (unpaired) electrons. The Kier molecular flexibility index (Phi) is 75.4. The Morgan fingerprint density at radius 2 is 0.562 bits per heavy atom. The molecule has 0 rings (SSSR count). The second-order valence-corrected chi connectivity index (χ2v) is 2.68. The molecular formula is H6Mg3Ni3O8P2. The molecule has 0 saturated heterocycles. The molecule has 0 aromatic rings. The summed E-state index contributed by atoms with van der Waals surface area (Å²) >= 11 is 0. The smallest absolute Gasteiger partial charge is 1.00 e. The van der Waals surface area contributed by atoms with E-state index in [1.807, 2.05) is 0 Å². The molecule has 0 aliphatic rings. The van der Waals surface area contributed by atoms with Gasteiger partial charge >= 0.3 is 119 Å². The summed E-state index contributed by atoms with van der Waals surface area (Å²) in [5, 5.41) is 0. The Morgan fingerprint density at radius 3 is 0.562 bits per heavy atom. The van der Waals surface area contributed by atoms with Crippen molar-refractivity contribution in [3.8, 4) is 0 Å². The monoisotopic (exact) mass is 442 g/mol. The minimum Gasteiger partial charge on any atom is -1.00 e. The van der Waals surface area contributed by atoms with Gasteiger partial charge in [-0.15, -0.1) is 0 Å². The fourth-order valence-electron chi connectivity index (χ4n) is 0. The van der Waals surface area contributed by atoms with Gasteiger partial charge in [0.15, 0.2) is 0 Å². The van der Waals surface area contributed by atoms with E-state index in [2.05, 4.69) is 0 Å². The Bertz CT molecular complexity index is 159. The summed E-state index contributed by atoms with van der Waals surface area (Å²) in [7, 11) is -10.8. The van der Waals surface area contributed by atoms with Crippen LogP contribution in [0.15, 0.2) is 0 Å². The van der Waals surface area contributed by atoms with E-state index < -0.39 is 15.6 Å². The molecule has 0 aliphatic carbocycles. The van der Waals surface area contributed by atoms with E-state index >= 15 is 0 Å². The molecule has 0 aliphatic heterocycles. The molecule has 16 heavy (non-hydrogen) atoms.